The van der Waals surface area contributed by atoms with Crippen LogP contribution < -0.4 is 5.73 Å². The lowest BCUT2D eigenvalue weighted by Crippen LogP contribution is -2.38. The number of aliphatic hydroxyl groups is 4. The number of aliphatic hydroxyl groups excluding tert-OH is 4. The topological polar surface area (TPSA) is 123 Å². The molecule has 268 valence electrons. The second kappa shape index (κ2) is 43.7. The van der Waals surface area contributed by atoms with Crippen molar-refractivity contribution in [2.24, 2.45) is 5.73 Å². The van der Waals surface area contributed by atoms with E-state index in [-0.39, 0.29) is 13.2 Å². The molecule has 0 heterocycles. The van der Waals surface area contributed by atoms with Gasteiger partial charge in [0.2, 0.25) is 0 Å². The zero-order valence-electron chi connectivity index (χ0n) is 31.2. The highest BCUT2D eigenvalue weighted by molar-refractivity contribution is 4.66. The molecule has 0 saturated carbocycles. The van der Waals surface area contributed by atoms with Crippen LogP contribution in [0.4, 0.5) is 0 Å². The van der Waals surface area contributed by atoms with Gasteiger partial charge >= 0.3 is 0 Å². The van der Waals surface area contributed by atoms with Crippen molar-refractivity contribution in [1.82, 2.24) is 24.5 Å². The van der Waals surface area contributed by atoms with Crippen LogP contribution in [0.1, 0.15) is 88.5 Å². The summed E-state index contributed by atoms with van der Waals surface area (Å²) in [4.78, 5) is 11.2. The van der Waals surface area contributed by atoms with Gasteiger partial charge in [0.25, 0.3) is 0 Å². The molecular formula is C33H82N6O4. The molecule has 10 heteroatoms. The Morgan fingerprint density at radius 3 is 0.977 bits per heavy atom. The van der Waals surface area contributed by atoms with E-state index in [0.29, 0.717) is 25.3 Å². The lowest BCUT2D eigenvalue weighted by Gasteiger charge is -2.29. The Morgan fingerprint density at radius 1 is 0.465 bits per heavy atom. The van der Waals surface area contributed by atoms with Crippen molar-refractivity contribution >= 4 is 0 Å². The number of hydrogen-bond donors (Lipinski definition) is 5. The van der Waals surface area contributed by atoms with Crippen LogP contribution in [0.15, 0.2) is 0 Å². The molecule has 0 aliphatic carbocycles. The summed E-state index contributed by atoms with van der Waals surface area (Å²) in [5, 5.41) is 33.9. The van der Waals surface area contributed by atoms with E-state index in [1.165, 1.54) is 0 Å². The molecule has 0 rings (SSSR count). The first kappa shape index (κ1) is 52.1. The third kappa shape index (κ3) is 46.1. The van der Waals surface area contributed by atoms with Crippen LogP contribution >= 0.6 is 0 Å². The van der Waals surface area contributed by atoms with Crippen molar-refractivity contribution in [3.63, 3.8) is 0 Å². The third-order valence-corrected chi connectivity index (χ3v) is 6.86. The first-order valence-electron chi connectivity index (χ1n) is 17.1. The summed E-state index contributed by atoms with van der Waals surface area (Å²) in [6, 6.07) is 1.07. The molecule has 0 atom stereocenters. The Balaban J connectivity index is -0.000000141. The maximum absolute atomic E-state index is 8.69. The van der Waals surface area contributed by atoms with Crippen molar-refractivity contribution in [2.45, 2.75) is 101 Å². The molecule has 0 aromatic carbocycles. The summed E-state index contributed by atoms with van der Waals surface area (Å²) in [5.74, 6) is 0. The lowest BCUT2D eigenvalue weighted by molar-refractivity contribution is 0.134. The Labute approximate surface area is 270 Å². The van der Waals surface area contributed by atoms with Crippen molar-refractivity contribution in [3.8, 4) is 0 Å². The molecular weight excluding hydrogens is 544 g/mol. The van der Waals surface area contributed by atoms with Gasteiger partial charge in [-0.3, -0.25) is 4.90 Å². The molecule has 0 aromatic heterocycles. The van der Waals surface area contributed by atoms with Crippen LogP contribution in [0.2, 0.25) is 0 Å². The minimum Gasteiger partial charge on any atom is -0.396 e. The van der Waals surface area contributed by atoms with Gasteiger partial charge in [0.05, 0.1) is 13.2 Å². The van der Waals surface area contributed by atoms with E-state index in [1.54, 1.807) is 0 Å². The molecule has 0 aliphatic heterocycles. The van der Waals surface area contributed by atoms with Gasteiger partial charge in [-0.1, -0.05) is 41.5 Å². The highest BCUT2D eigenvalue weighted by Gasteiger charge is 2.11. The average Bonchev–Trinajstić information content (AvgIpc) is 2.99. The summed E-state index contributed by atoms with van der Waals surface area (Å²) in [6.45, 7) is 34.7. The molecule has 0 amide bonds. The molecule has 0 spiro atoms. The second-order valence-electron chi connectivity index (χ2n) is 11.1. The fraction of sp³-hybridized carbons (Fsp3) is 1.00. The summed E-state index contributed by atoms with van der Waals surface area (Å²) in [7, 11) is 3.99. The van der Waals surface area contributed by atoms with Crippen LogP contribution in [-0.4, -0.2) is 176 Å². The molecule has 0 bridgehead atoms. The predicted octanol–water partition coefficient (Wildman–Crippen LogP) is 2.74. The third-order valence-electron chi connectivity index (χ3n) is 6.86. The van der Waals surface area contributed by atoms with E-state index in [9.17, 15) is 0 Å². The minimum absolute atomic E-state index is 0.260. The molecule has 0 unspecified atom stereocenters. The van der Waals surface area contributed by atoms with E-state index in [4.69, 9.17) is 26.2 Å². The standard InChI is InChI=1S/C8H19NO.C7H18N2.C7H17NO.C6H15NO.C5H13NO/c1-7(2)9(5-6-10)8(3)4;1-3-9(4-2)7-5-6-8;1-3-8(4-2)6-5-7-9;1-3-7(4-2)5-6-8;1-6(2)4-3-5-7/h7-8,10H,5-6H2,1-4H3;3-8H2,1-2H3;9H,3-7H2,1-2H3;8H,3-6H2,1-2H3;7H,3-5H2,1-2H3. The number of nitrogens with zero attached hydrogens (tertiary/aromatic N) is 5. The predicted molar refractivity (Wildman–Crippen MR) is 190 cm³/mol. The van der Waals surface area contributed by atoms with Gasteiger partial charge in [-0.05, 0) is 120 Å². The van der Waals surface area contributed by atoms with E-state index in [2.05, 4.69) is 93.7 Å². The average molecular weight is 627 g/mol. The van der Waals surface area contributed by atoms with Gasteiger partial charge < -0.3 is 45.8 Å². The molecule has 0 saturated heterocycles. The summed E-state index contributed by atoms with van der Waals surface area (Å²) in [5.41, 5.74) is 5.36. The van der Waals surface area contributed by atoms with E-state index < -0.39 is 0 Å². The van der Waals surface area contributed by atoms with Gasteiger partial charge in [0.1, 0.15) is 0 Å². The minimum atomic E-state index is 0.260. The first-order chi connectivity index (χ1) is 20.4. The first-order valence-corrected chi connectivity index (χ1v) is 17.1. The molecule has 0 radical (unpaired) electrons. The number of nitrogens with two attached hydrogens (primary N) is 1. The summed E-state index contributed by atoms with van der Waals surface area (Å²) >= 11 is 0. The van der Waals surface area contributed by atoms with Crippen LogP contribution in [0, 0.1) is 0 Å². The molecule has 0 aromatic rings. The van der Waals surface area contributed by atoms with E-state index >= 15 is 0 Å². The number of likely N-dealkylation sites (N-methyl/N-ethyl adjacent to an activating group) is 1. The monoisotopic (exact) mass is 627 g/mol. The highest BCUT2D eigenvalue weighted by Crippen LogP contribution is 2.02. The van der Waals surface area contributed by atoms with Crippen molar-refractivity contribution in [3.05, 3.63) is 0 Å². The quantitative estimate of drug-likeness (QED) is 0.130. The molecule has 10 nitrogen and oxygen atoms in total. The SMILES string of the molecule is CC(C)N(CCO)C(C)C.CCN(CC)CCCN.CCN(CC)CCCO.CCN(CC)CCO.CN(C)CCCO. The largest absolute Gasteiger partial charge is 0.396 e. The Hall–Kier alpha value is -0.400. The fourth-order valence-corrected chi connectivity index (χ4v) is 3.99. The number of hydrogen-bond acceptors (Lipinski definition) is 10. The Bertz CT molecular complexity index is 427. The van der Waals surface area contributed by atoms with E-state index in [1.807, 2.05) is 14.1 Å². The van der Waals surface area contributed by atoms with E-state index in [0.717, 1.165) is 97.8 Å². The van der Waals surface area contributed by atoms with Crippen molar-refractivity contribution in [2.75, 3.05) is 119 Å². The molecule has 6 N–H and O–H groups in total. The lowest BCUT2D eigenvalue weighted by atomic mass is 10.2. The van der Waals surface area contributed by atoms with Gasteiger partial charge in [-0.25, -0.2) is 0 Å². The molecule has 0 aliphatic rings. The summed E-state index contributed by atoms with van der Waals surface area (Å²) < 4.78 is 0. The molecule has 43 heavy (non-hydrogen) atoms. The Morgan fingerprint density at radius 2 is 0.791 bits per heavy atom. The smallest absolute Gasteiger partial charge is 0.0558 e. The van der Waals surface area contributed by atoms with Gasteiger partial charge in [0.15, 0.2) is 0 Å². The van der Waals surface area contributed by atoms with Crippen LogP contribution in [0.5, 0.6) is 0 Å². The van der Waals surface area contributed by atoms with Crippen LogP contribution in [0.3, 0.4) is 0 Å². The maximum Gasteiger partial charge on any atom is 0.0558 e. The summed E-state index contributed by atoms with van der Waals surface area (Å²) in [6.07, 6.45) is 2.91. The zero-order valence-corrected chi connectivity index (χ0v) is 31.2. The fourth-order valence-electron chi connectivity index (χ4n) is 3.99. The van der Waals surface area contributed by atoms with Gasteiger partial charge in [-0.15, -0.1) is 0 Å². The Kier molecular flexibility index (Phi) is 53.0. The maximum atomic E-state index is 8.69. The van der Waals surface area contributed by atoms with Crippen molar-refractivity contribution < 1.29 is 20.4 Å². The molecule has 0 fully saturated rings. The van der Waals surface area contributed by atoms with Crippen LogP contribution in [0.25, 0.3) is 0 Å². The normalized spacial score (nSPS) is 10.9. The second-order valence-corrected chi connectivity index (χ2v) is 11.1. The van der Waals surface area contributed by atoms with Gasteiger partial charge in [-0.2, -0.15) is 0 Å². The number of rotatable bonds is 21. The van der Waals surface area contributed by atoms with Crippen LogP contribution in [-0.2, 0) is 0 Å². The zero-order chi connectivity index (χ0) is 34.5. The van der Waals surface area contributed by atoms with Crippen molar-refractivity contribution in [1.29, 1.82) is 0 Å². The highest BCUT2D eigenvalue weighted by atomic mass is 16.3. The van der Waals surface area contributed by atoms with Gasteiger partial charge in [0, 0.05) is 44.9 Å².